The molecule has 1 aromatic carbocycles. The Morgan fingerprint density at radius 1 is 1.12 bits per heavy atom. The van der Waals surface area contributed by atoms with Crippen LogP contribution in [0.2, 0.25) is 0 Å². The molecule has 6 heteroatoms. The van der Waals surface area contributed by atoms with Gasteiger partial charge in [0.1, 0.15) is 5.75 Å². The Bertz CT molecular complexity index is 565. The van der Waals surface area contributed by atoms with Gasteiger partial charge in [0, 0.05) is 13.1 Å². The molecule has 0 radical (unpaired) electrons. The number of carbonyl (C=O) groups is 2. The highest BCUT2D eigenvalue weighted by molar-refractivity contribution is 5.77. The maximum atomic E-state index is 11.8. The largest absolute Gasteiger partial charge is 0.483 e. The predicted molar refractivity (Wildman–Crippen MR) is 93.4 cm³/mol. The average Bonchev–Trinajstić information content (AvgIpc) is 2.49. The van der Waals surface area contributed by atoms with Crippen LogP contribution in [0.5, 0.6) is 5.75 Å². The van der Waals surface area contributed by atoms with Gasteiger partial charge in [0.25, 0.3) is 5.91 Å². The van der Waals surface area contributed by atoms with Gasteiger partial charge in [-0.2, -0.15) is 0 Å². The molecular weight excluding hydrogens is 308 g/mol. The van der Waals surface area contributed by atoms with E-state index >= 15 is 0 Å². The fourth-order valence-corrected chi connectivity index (χ4v) is 2.10. The summed E-state index contributed by atoms with van der Waals surface area (Å²) >= 11 is 0. The van der Waals surface area contributed by atoms with E-state index in [9.17, 15) is 9.59 Å². The number of alkyl carbamates (subject to hydrolysis) is 1. The van der Waals surface area contributed by atoms with E-state index < -0.39 is 6.09 Å². The zero-order valence-corrected chi connectivity index (χ0v) is 15.2. The second kappa shape index (κ2) is 9.15. The highest BCUT2D eigenvalue weighted by atomic mass is 16.5. The Kier molecular flexibility index (Phi) is 7.55. The lowest BCUT2D eigenvalue weighted by molar-refractivity contribution is -0.123. The molecule has 0 aliphatic rings. The zero-order chi connectivity index (χ0) is 18.2. The normalized spacial score (nSPS) is 10.9. The van der Waals surface area contributed by atoms with Crippen molar-refractivity contribution in [2.45, 2.75) is 40.0 Å². The van der Waals surface area contributed by atoms with E-state index in [0.717, 1.165) is 11.1 Å². The molecule has 0 fully saturated rings. The van der Waals surface area contributed by atoms with Crippen molar-refractivity contribution in [2.24, 2.45) is 0 Å². The van der Waals surface area contributed by atoms with Crippen molar-refractivity contribution in [3.63, 3.8) is 0 Å². The number of hydrogen-bond acceptors (Lipinski definition) is 4. The second-order valence-electron chi connectivity index (χ2n) is 6.54. The van der Waals surface area contributed by atoms with E-state index in [1.165, 1.54) is 0 Å². The van der Waals surface area contributed by atoms with Crippen LogP contribution in [0.15, 0.2) is 18.2 Å². The van der Waals surface area contributed by atoms with Gasteiger partial charge < -0.3 is 20.1 Å². The molecule has 0 atom stereocenters. The van der Waals surface area contributed by atoms with Gasteiger partial charge in [-0.15, -0.1) is 0 Å². The number of hydrogen-bond donors (Lipinski definition) is 2. The number of benzene rings is 1. The predicted octanol–water partition coefficient (Wildman–Crippen LogP) is 2.53. The first-order valence-corrected chi connectivity index (χ1v) is 8.15. The van der Waals surface area contributed by atoms with Crippen LogP contribution in [-0.4, -0.2) is 38.3 Å². The molecule has 6 nitrogen and oxygen atoms in total. The highest BCUT2D eigenvalue weighted by Crippen LogP contribution is 2.32. The van der Waals surface area contributed by atoms with E-state index in [1.54, 1.807) is 6.92 Å². The second-order valence-corrected chi connectivity index (χ2v) is 6.54. The molecule has 0 heterocycles. The number of ether oxygens (including phenoxy) is 2. The molecule has 0 saturated heterocycles. The minimum absolute atomic E-state index is 0.0639. The van der Waals surface area contributed by atoms with E-state index in [4.69, 9.17) is 9.47 Å². The number of aryl methyl sites for hydroxylation is 1. The van der Waals surface area contributed by atoms with Crippen LogP contribution in [0.25, 0.3) is 0 Å². The third-order valence-corrected chi connectivity index (χ3v) is 3.29. The molecule has 0 aliphatic carbocycles. The summed E-state index contributed by atoms with van der Waals surface area (Å²) in [5, 5.41) is 5.22. The SMILES string of the molecule is CCOC(=O)NCCNC(=O)COc1ccc(C)cc1C(C)(C)C. The molecule has 24 heavy (non-hydrogen) atoms. The third kappa shape index (κ3) is 6.89. The Morgan fingerprint density at radius 3 is 2.42 bits per heavy atom. The van der Waals surface area contributed by atoms with Crippen molar-refractivity contribution in [3.05, 3.63) is 29.3 Å². The standard InChI is InChI=1S/C18H28N2O4/c1-6-23-17(22)20-10-9-19-16(21)12-24-15-8-7-13(2)11-14(15)18(3,4)5/h7-8,11H,6,9-10,12H2,1-5H3,(H,19,21)(H,20,22). The molecule has 1 aromatic rings. The number of nitrogens with one attached hydrogen (secondary N) is 2. The molecule has 0 bridgehead atoms. The first-order valence-electron chi connectivity index (χ1n) is 8.15. The van der Waals surface area contributed by atoms with Crippen molar-refractivity contribution >= 4 is 12.0 Å². The summed E-state index contributed by atoms with van der Waals surface area (Å²) in [6, 6.07) is 5.94. The minimum Gasteiger partial charge on any atom is -0.483 e. The molecule has 2 N–H and O–H groups in total. The molecule has 0 unspecified atom stereocenters. The molecule has 1 rings (SSSR count). The summed E-state index contributed by atoms with van der Waals surface area (Å²) in [7, 11) is 0. The summed E-state index contributed by atoms with van der Waals surface area (Å²) in [4.78, 5) is 22.9. The van der Waals surface area contributed by atoms with Crippen molar-refractivity contribution in [2.75, 3.05) is 26.3 Å². The summed E-state index contributed by atoms with van der Waals surface area (Å²) in [5.74, 6) is 0.481. The van der Waals surface area contributed by atoms with Gasteiger partial charge in [-0.25, -0.2) is 4.79 Å². The summed E-state index contributed by atoms with van der Waals surface area (Å²) in [6.45, 7) is 11.0. The first-order chi connectivity index (χ1) is 11.2. The Hall–Kier alpha value is -2.24. The van der Waals surface area contributed by atoms with Crippen molar-refractivity contribution in [1.82, 2.24) is 10.6 Å². The van der Waals surface area contributed by atoms with Gasteiger partial charge in [-0.05, 0) is 30.9 Å². The number of rotatable bonds is 7. The Balaban J connectivity index is 2.44. The molecule has 0 aliphatic heterocycles. The van der Waals surface area contributed by atoms with Crippen LogP contribution >= 0.6 is 0 Å². The van der Waals surface area contributed by atoms with Crippen LogP contribution in [-0.2, 0) is 14.9 Å². The zero-order valence-electron chi connectivity index (χ0n) is 15.2. The van der Waals surface area contributed by atoms with E-state index in [-0.39, 0.29) is 17.9 Å². The Morgan fingerprint density at radius 2 is 1.79 bits per heavy atom. The van der Waals surface area contributed by atoms with Crippen LogP contribution < -0.4 is 15.4 Å². The van der Waals surface area contributed by atoms with E-state index in [1.807, 2.05) is 19.1 Å². The lowest BCUT2D eigenvalue weighted by Crippen LogP contribution is -2.37. The molecular formula is C18H28N2O4. The van der Waals surface area contributed by atoms with Crippen LogP contribution in [0.3, 0.4) is 0 Å². The Labute approximate surface area is 143 Å². The lowest BCUT2D eigenvalue weighted by Gasteiger charge is -2.23. The minimum atomic E-state index is -0.488. The van der Waals surface area contributed by atoms with Crippen LogP contribution in [0, 0.1) is 6.92 Å². The molecule has 2 amide bonds. The number of amides is 2. The summed E-state index contributed by atoms with van der Waals surface area (Å²) < 4.78 is 10.4. The van der Waals surface area contributed by atoms with Crippen molar-refractivity contribution in [1.29, 1.82) is 0 Å². The fourth-order valence-electron chi connectivity index (χ4n) is 2.10. The third-order valence-electron chi connectivity index (χ3n) is 3.29. The van der Waals surface area contributed by atoms with Crippen molar-refractivity contribution in [3.8, 4) is 5.75 Å². The number of carbonyl (C=O) groups excluding carboxylic acids is 2. The van der Waals surface area contributed by atoms with Gasteiger partial charge in [0.15, 0.2) is 6.61 Å². The van der Waals surface area contributed by atoms with Gasteiger partial charge >= 0.3 is 6.09 Å². The first kappa shape index (κ1) is 19.8. The summed E-state index contributed by atoms with van der Waals surface area (Å²) in [6.07, 6.45) is -0.488. The monoisotopic (exact) mass is 336 g/mol. The topological polar surface area (TPSA) is 76.7 Å². The highest BCUT2D eigenvalue weighted by Gasteiger charge is 2.19. The van der Waals surface area contributed by atoms with Gasteiger partial charge in [-0.3, -0.25) is 4.79 Å². The summed E-state index contributed by atoms with van der Waals surface area (Å²) in [5.41, 5.74) is 2.16. The quantitative estimate of drug-likeness (QED) is 0.750. The molecule has 0 aromatic heterocycles. The molecule has 0 saturated carbocycles. The maximum Gasteiger partial charge on any atom is 0.407 e. The fraction of sp³-hybridized carbons (Fsp3) is 0.556. The maximum absolute atomic E-state index is 11.8. The van der Waals surface area contributed by atoms with E-state index in [0.29, 0.717) is 25.4 Å². The van der Waals surface area contributed by atoms with Crippen LogP contribution in [0.1, 0.15) is 38.8 Å². The molecule has 134 valence electrons. The van der Waals surface area contributed by atoms with E-state index in [2.05, 4.69) is 37.5 Å². The smallest absolute Gasteiger partial charge is 0.407 e. The van der Waals surface area contributed by atoms with Crippen LogP contribution in [0.4, 0.5) is 4.79 Å². The average molecular weight is 336 g/mol. The van der Waals surface area contributed by atoms with Gasteiger partial charge in [-0.1, -0.05) is 38.5 Å². The van der Waals surface area contributed by atoms with Gasteiger partial charge in [0.05, 0.1) is 6.61 Å². The molecule has 0 spiro atoms. The van der Waals surface area contributed by atoms with Gasteiger partial charge in [0.2, 0.25) is 0 Å². The lowest BCUT2D eigenvalue weighted by atomic mass is 9.85. The van der Waals surface area contributed by atoms with Crippen molar-refractivity contribution < 1.29 is 19.1 Å².